The number of likely N-dealkylation sites (tertiary alicyclic amines) is 1. The molecule has 0 radical (unpaired) electrons. The Morgan fingerprint density at radius 2 is 2.08 bits per heavy atom. The van der Waals surface area contributed by atoms with Gasteiger partial charge in [-0.25, -0.2) is 4.39 Å². The minimum absolute atomic E-state index is 0.0164. The molecule has 1 aliphatic heterocycles. The van der Waals surface area contributed by atoms with E-state index >= 15 is 0 Å². The highest BCUT2D eigenvalue weighted by molar-refractivity contribution is 5.97. The van der Waals surface area contributed by atoms with Crippen LogP contribution in [0.2, 0.25) is 0 Å². The van der Waals surface area contributed by atoms with E-state index in [0.29, 0.717) is 12.1 Å². The molecule has 2 heterocycles. The predicted octanol–water partition coefficient (Wildman–Crippen LogP) is 4.13. The molecule has 1 atom stereocenters. The SMILES string of the molecule is CC(=O)Nc1cc(C(=O)N2CCCCC[C@H]2c2ccco2)ccc1F. The zero-order valence-electron chi connectivity index (χ0n) is 14.1. The number of anilines is 1. The first kappa shape index (κ1) is 17.2. The molecule has 1 N–H and O–H groups in total. The molecule has 0 bridgehead atoms. The lowest BCUT2D eigenvalue weighted by molar-refractivity contribution is -0.114. The minimum Gasteiger partial charge on any atom is -0.467 e. The van der Waals surface area contributed by atoms with E-state index in [1.54, 1.807) is 11.2 Å². The Bertz CT molecular complexity index is 758. The molecule has 2 aromatic rings. The lowest BCUT2D eigenvalue weighted by Crippen LogP contribution is -2.34. The second-order valence-electron chi connectivity index (χ2n) is 6.25. The predicted molar refractivity (Wildman–Crippen MR) is 91.7 cm³/mol. The average molecular weight is 344 g/mol. The summed E-state index contributed by atoms with van der Waals surface area (Å²) in [6.07, 6.45) is 5.44. The van der Waals surface area contributed by atoms with Crippen molar-refractivity contribution < 1.29 is 18.4 Å². The lowest BCUT2D eigenvalue weighted by atomic mass is 10.1. The van der Waals surface area contributed by atoms with Gasteiger partial charge >= 0.3 is 0 Å². The number of rotatable bonds is 3. The second kappa shape index (κ2) is 7.51. The van der Waals surface area contributed by atoms with E-state index in [1.165, 1.54) is 25.1 Å². The molecular weight excluding hydrogens is 323 g/mol. The van der Waals surface area contributed by atoms with Crippen LogP contribution in [-0.2, 0) is 4.79 Å². The second-order valence-corrected chi connectivity index (χ2v) is 6.25. The molecule has 1 aromatic heterocycles. The molecule has 1 fully saturated rings. The van der Waals surface area contributed by atoms with E-state index in [4.69, 9.17) is 4.42 Å². The third-order valence-electron chi connectivity index (χ3n) is 4.41. The van der Waals surface area contributed by atoms with E-state index in [1.807, 2.05) is 12.1 Å². The average Bonchev–Trinajstić information content (AvgIpc) is 3.00. The Labute approximate surface area is 145 Å². The fourth-order valence-corrected chi connectivity index (χ4v) is 3.24. The van der Waals surface area contributed by atoms with Gasteiger partial charge in [-0.05, 0) is 43.2 Å². The molecule has 2 amide bonds. The number of nitrogens with zero attached hydrogens (tertiary/aromatic N) is 1. The maximum absolute atomic E-state index is 13.8. The van der Waals surface area contributed by atoms with Crippen LogP contribution >= 0.6 is 0 Å². The molecule has 5 nitrogen and oxygen atoms in total. The van der Waals surface area contributed by atoms with E-state index in [0.717, 1.165) is 31.4 Å². The summed E-state index contributed by atoms with van der Waals surface area (Å²) in [5.74, 6) is -0.369. The Kier molecular flexibility index (Phi) is 5.16. The molecule has 1 aliphatic rings. The zero-order chi connectivity index (χ0) is 17.8. The number of amides is 2. The van der Waals surface area contributed by atoms with E-state index in [9.17, 15) is 14.0 Å². The number of hydrogen-bond acceptors (Lipinski definition) is 3. The molecule has 3 rings (SSSR count). The molecule has 0 aliphatic carbocycles. The van der Waals surface area contributed by atoms with Crippen LogP contribution in [-0.4, -0.2) is 23.3 Å². The number of halogens is 1. The Hall–Kier alpha value is -2.63. The number of hydrogen-bond donors (Lipinski definition) is 1. The highest BCUT2D eigenvalue weighted by Gasteiger charge is 2.29. The van der Waals surface area contributed by atoms with Crippen molar-refractivity contribution in [3.8, 4) is 0 Å². The van der Waals surface area contributed by atoms with Crippen molar-refractivity contribution in [3.63, 3.8) is 0 Å². The standard InChI is InChI=1S/C19H21FN2O3/c1-13(23)21-16-12-14(8-9-15(16)20)19(24)22-10-4-2-3-6-17(22)18-7-5-11-25-18/h5,7-9,11-12,17H,2-4,6,10H2,1H3,(H,21,23)/t17-/m0/s1. The maximum Gasteiger partial charge on any atom is 0.254 e. The first-order chi connectivity index (χ1) is 12.1. The molecule has 0 saturated carbocycles. The summed E-state index contributed by atoms with van der Waals surface area (Å²) in [6.45, 7) is 1.92. The quantitative estimate of drug-likeness (QED) is 0.910. The largest absolute Gasteiger partial charge is 0.467 e. The number of carbonyl (C=O) groups excluding carboxylic acids is 2. The van der Waals surface area contributed by atoms with Gasteiger partial charge in [-0.3, -0.25) is 9.59 Å². The van der Waals surface area contributed by atoms with Crippen LogP contribution < -0.4 is 5.32 Å². The first-order valence-corrected chi connectivity index (χ1v) is 8.48. The molecular formula is C19H21FN2O3. The van der Waals surface area contributed by atoms with Crippen molar-refractivity contribution in [3.05, 3.63) is 53.7 Å². The maximum atomic E-state index is 13.8. The van der Waals surface area contributed by atoms with Crippen LogP contribution in [0, 0.1) is 5.82 Å². The van der Waals surface area contributed by atoms with Crippen molar-refractivity contribution in [1.82, 2.24) is 4.90 Å². The third kappa shape index (κ3) is 3.90. The highest BCUT2D eigenvalue weighted by atomic mass is 19.1. The van der Waals surface area contributed by atoms with Gasteiger partial charge in [-0.1, -0.05) is 12.8 Å². The number of furan rings is 1. The molecule has 6 heteroatoms. The Morgan fingerprint density at radius 3 is 2.80 bits per heavy atom. The summed E-state index contributed by atoms with van der Waals surface area (Å²) >= 11 is 0. The van der Waals surface area contributed by atoms with E-state index < -0.39 is 5.82 Å². The van der Waals surface area contributed by atoms with Gasteiger partial charge in [0.1, 0.15) is 11.6 Å². The van der Waals surface area contributed by atoms with Gasteiger partial charge in [0.05, 0.1) is 18.0 Å². The molecule has 1 saturated heterocycles. The van der Waals surface area contributed by atoms with Crippen molar-refractivity contribution in [2.45, 2.75) is 38.6 Å². The topological polar surface area (TPSA) is 62.6 Å². The van der Waals surface area contributed by atoms with Crippen molar-refractivity contribution in [1.29, 1.82) is 0 Å². The summed E-state index contributed by atoms with van der Waals surface area (Å²) in [4.78, 5) is 26.1. The van der Waals surface area contributed by atoms with E-state index in [-0.39, 0.29) is 23.5 Å². The number of carbonyl (C=O) groups is 2. The number of benzene rings is 1. The molecule has 0 unspecified atom stereocenters. The summed E-state index contributed by atoms with van der Waals surface area (Å²) in [5.41, 5.74) is 0.367. The van der Waals surface area contributed by atoms with Crippen molar-refractivity contribution in [2.75, 3.05) is 11.9 Å². The minimum atomic E-state index is -0.565. The first-order valence-electron chi connectivity index (χ1n) is 8.48. The smallest absolute Gasteiger partial charge is 0.254 e. The Morgan fingerprint density at radius 1 is 1.24 bits per heavy atom. The van der Waals surface area contributed by atoms with Gasteiger partial charge in [0.15, 0.2) is 0 Å². The van der Waals surface area contributed by atoms with Crippen molar-refractivity contribution >= 4 is 17.5 Å². The molecule has 25 heavy (non-hydrogen) atoms. The van der Waals surface area contributed by atoms with Crippen LogP contribution in [0.25, 0.3) is 0 Å². The van der Waals surface area contributed by atoms with Crippen LogP contribution in [0.15, 0.2) is 41.0 Å². The zero-order valence-corrected chi connectivity index (χ0v) is 14.1. The fourth-order valence-electron chi connectivity index (χ4n) is 3.24. The van der Waals surface area contributed by atoms with Gasteiger partial charge in [-0.2, -0.15) is 0 Å². The van der Waals surface area contributed by atoms with Gasteiger partial charge in [0.2, 0.25) is 5.91 Å². The van der Waals surface area contributed by atoms with Gasteiger partial charge < -0.3 is 14.6 Å². The van der Waals surface area contributed by atoms with E-state index in [2.05, 4.69) is 5.32 Å². The van der Waals surface area contributed by atoms with Crippen molar-refractivity contribution in [2.24, 2.45) is 0 Å². The van der Waals surface area contributed by atoms with Crippen LogP contribution in [0.5, 0.6) is 0 Å². The normalized spacial score (nSPS) is 17.8. The Balaban J connectivity index is 1.90. The number of nitrogens with one attached hydrogen (secondary N) is 1. The third-order valence-corrected chi connectivity index (χ3v) is 4.41. The lowest BCUT2D eigenvalue weighted by Gasteiger charge is -2.29. The molecule has 1 aromatic carbocycles. The molecule has 132 valence electrons. The van der Waals surface area contributed by atoms with Gasteiger partial charge in [-0.15, -0.1) is 0 Å². The highest BCUT2D eigenvalue weighted by Crippen LogP contribution is 2.32. The monoisotopic (exact) mass is 344 g/mol. The van der Waals surface area contributed by atoms with Crippen LogP contribution in [0.3, 0.4) is 0 Å². The van der Waals surface area contributed by atoms with Crippen LogP contribution in [0.1, 0.15) is 54.8 Å². The summed E-state index contributed by atoms with van der Waals surface area (Å²) in [6, 6.07) is 7.62. The van der Waals surface area contributed by atoms with Crippen LogP contribution in [0.4, 0.5) is 10.1 Å². The summed E-state index contributed by atoms with van der Waals surface area (Å²) < 4.78 is 19.4. The summed E-state index contributed by atoms with van der Waals surface area (Å²) in [7, 11) is 0. The summed E-state index contributed by atoms with van der Waals surface area (Å²) in [5, 5.41) is 2.42. The fraction of sp³-hybridized carbons (Fsp3) is 0.368. The molecule has 0 spiro atoms. The van der Waals surface area contributed by atoms with Gasteiger partial charge in [0.25, 0.3) is 5.91 Å². The van der Waals surface area contributed by atoms with Gasteiger partial charge in [0, 0.05) is 19.0 Å².